The molecule has 0 aliphatic rings. The van der Waals surface area contributed by atoms with E-state index < -0.39 is 5.91 Å². The summed E-state index contributed by atoms with van der Waals surface area (Å²) in [6.07, 6.45) is 0. The van der Waals surface area contributed by atoms with Gasteiger partial charge >= 0.3 is 0 Å². The maximum atomic E-state index is 12.8. The highest BCUT2D eigenvalue weighted by Crippen LogP contribution is 2.28. The van der Waals surface area contributed by atoms with E-state index in [1.165, 1.54) is 16.9 Å². The number of carbonyl (C=O) groups excluding carboxylic acids is 2. The quantitative estimate of drug-likeness (QED) is 0.541. The number of amides is 2. The van der Waals surface area contributed by atoms with Crippen molar-refractivity contribution >= 4 is 23.2 Å². The molecule has 0 spiro atoms. The van der Waals surface area contributed by atoms with E-state index in [-0.39, 0.29) is 5.91 Å². The lowest BCUT2D eigenvalue weighted by atomic mass is 10.0. The summed E-state index contributed by atoms with van der Waals surface area (Å²) in [7, 11) is 0. The minimum absolute atomic E-state index is 0.148. The number of nitrogens with zero attached hydrogens (tertiary/aromatic N) is 1. The van der Waals surface area contributed by atoms with Gasteiger partial charge in [0.15, 0.2) is 0 Å². The molecule has 0 saturated heterocycles. The average molecular weight is 422 g/mol. The number of rotatable bonds is 9. The third kappa shape index (κ3) is 5.14. The van der Waals surface area contributed by atoms with Gasteiger partial charge in [-0.05, 0) is 53.4 Å². The van der Waals surface area contributed by atoms with Crippen molar-refractivity contribution in [1.82, 2.24) is 10.2 Å². The van der Waals surface area contributed by atoms with Gasteiger partial charge in [-0.3, -0.25) is 14.5 Å². The fourth-order valence-electron chi connectivity index (χ4n) is 3.41. The first-order valence-corrected chi connectivity index (χ1v) is 11.0. The molecule has 3 aromatic rings. The zero-order valence-corrected chi connectivity index (χ0v) is 18.2. The molecular weight excluding hydrogens is 394 g/mol. The first kappa shape index (κ1) is 21.7. The summed E-state index contributed by atoms with van der Waals surface area (Å²) < 4.78 is 0. The average Bonchev–Trinajstić information content (AvgIpc) is 3.27. The maximum absolute atomic E-state index is 12.8. The summed E-state index contributed by atoms with van der Waals surface area (Å²) in [4.78, 5) is 27.3. The molecule has 1 aromatic heterocycles. The summed E-state index contributed by atoms with van der Waals surface area (Å²) in [5.41, 5.74) is 9.91. The van der Waals surface area contributed by atoms with Gasteiger partial charge in [0.05, 0.1) is 4.88 Å². The van der Waals surface area contributed by atoms with Gasteiger partial charge in [-0.15, -0.1) is 11.3 Å². The lowest BCUT2D eigenvalue weighted by Crippen LogP contribution is -2.26. The van der Waals surface area contributed by atoms with Crippen LogP contribution in [0.4, 0.5) is 0 Å². The second-order valence-corrected chi connectivity index (χ2v) is 7.94. The van der Waals surface area contributed by atoms with Crippen molar-refractivity contribution in [3.05, 3.63) is 81.5 Å². The van der Waals surface area contributed by atoms with Gasteiger partial charge < -0.3 is 11.1 Å². The highest BCUT2D eigenvalue weighted by Gasteiger charge is 2.14. The molecule has 0 bridgehead atoms. The summed E-state index contributed by atoms with van der Waals surface area (Å²) in [6.45, 7) is 7.60. The van der Waals surface area contributed by atoms with Crippen LogP contribution in [-0.4, -0.2) is 29.8 Å². The molecule has 0 fully saturated rings. The van der Waals surface area contributed by atoms with Gasteiger partial charge in [0.25, 0.3) is 11.8 Å². The van der Waals surface area contributed by atoms with E-state index in [1.54, 1.807) is 12.1 Å². The van der Waals surface area contributed by atoms with Crippen LogP contribution in [0.2, 0.25) is 0 Å². The summed E-state index contributed by atoms with van der Waals surface area (Å²) >= 11 is 1.31. The molecule has 0 aliphatic heterocycles. The molecule has 5 nitrogen and oxygen atoms in total. The van der Waals surface area contributed by atoms with E-state index in [2.05, 4.69) is 36.2 Å². The lowest BCUT2D eigenvalue weighted by Gasteiger charge is -2.20. The van der Waals surface area contributed by atoms with E-state index in [0.29, 0.717) is 17.0 Å². The number of nitrogens with one attached hydrogen (secondary N) is 1. The van der Waals surface area contributed by atoms with Gasteiger partial charge in [-0.2, -0.15) is 0 Å². The zero-order chi connectivity index (χ0) is 21.5. The van der Waals surface area contributed by atoms with Gasteiger partial charge in [0.1, 0.15) is 0 Å². The Balaban J connectivity index is 1.74. The Hall–Kier alpha value is -2.96. The minimum atomic E-state index is -0.459. The summed E-state index contributed by atoms with van der Waals surface area (Å²) in [5, 5.41) is 4.86. The molecule has 30 heavy (non-hydrogen) atoms. The highest BCUT2D eigenvalue weighted by atomic mass is 32.1. The number of thiophene rings is 1. The second kappa shape index (κ2) is 10.2. The van der Waals surface area contributed by atoms with Crippen molar-refractivity contribution in [3.8, 4) is 11.1 Å². The Morgan fingerprint density at radius 2 is 1.73 bits per heavy atom. The molecule has 2 amide bonds. The fraction of sp³-hybridized carbons (Fsp3) is 0.250. The number of hydrogen-bond donors (Lipinski definition) is 2. The van der Waals surface area contributed by atoms with Crippen molar-refractivity contribution < 1.29 is 9.59 Å². The van der Waals surface area contributed by atoms with Crippen LogP contribution in [-0.2, 0) is 13.1 Å². The molecule has 3 rings (SSSR count). The third-order valence-electron chi connectivity index (χ3n) is 5.17. The Kier molecular flexibility index (Phi) is 7.38. The summed E-state index contributed by atoms with van der Waals surface area (Å²) in [5.74, 6) is -0.606. The SMILES string of the molecule is CCN(CC)Cc1ccccc1CNC(=O)c1cccc(-c2ccsc2C(N)=O)c1. The van der Waals surface area contributed by atoms with Crippen LogP contribution in [0.5, 0.6) is 0 Å². The topological polar surface area (TPSA) is 75.4 Å². The lowest BCUT2D eigenvalue weighted by molar-refractivity contribution is 0.0949. The molecule has 6 heteroatoms. The normalized spacial score (nSPS) is 10.9. The summed E-state index contributed by atoms with van der Waals surface area (Å²) in [6, 6.07) is 17.3. The molecule has 156 valence electrons. The van der Waals surface area contributed by atoms with Crippen molar-refractivity contribution in [2.75, 3.05) is 13.1 Å². The van der Waals surface area contributed by atoms with Crippen LogP contribution in [0.1, 0.15) is 45.0 Å². The number of carbonyl (C=O) groups is 2. The number of benzene rings is 2. The first-order valence-electron chi connectivity index (χ1n) is 10.1. The molecule has 0 atom stereocenters. The van der Waals surface area contributed by atoms with Crippen LogP contribution in [0.15, 0.2) is 60.0 Å². The first-order chi connectivity index (χ1) is 14.5. The van der Waals surface area contributed by atoms with Crippen LogP contribution < -0.4 is 11.1 Å². The van der Waals surface area contributed by atoms with E-state index in [1.807, 2.05) is 35.7 Å². The predicted octanol–water partition coefficient (Wildman–Crippen LogP) is 4.29. The van der Waals surface area contributed by atoms with Crippen molar-refractivity contribution in [1.29, 1.82) is 0 Å². The van der Waals surface area contributed by atoms with Gasteiger partial charge in [0, 0.05) is 24.2 Å². The molecular formula is C24H27N3O2S. The Morgan fingerprint density at radius 3 is 2.43 bits per heavy atom. The van der Waals surface area contributed by atoms with Gasteiger partial charge in [-0.25, -0.2) is 0 Å². The maximum Gasteiger partial charge on any atom is 0.259 e. The van der Waals surface area contributed by atoms with Crippen LogP contribution in [0.25, 0.3) is 11.1 Å². The van der Waals surface area contributed by atoms with Crippen LogP contribution in [0.3, 0.4) is 0 Å². The predicted molar refractivity (Wildman–Crippen MR) is 123 cm³/mol. The van der Waals surface area contributed by atoms with E-state index in [9.17, 15) is 9.59 Å². The van der Waals surface area contributed by atoms with Crippen molar-refractivity contribution in [2.24, 2.45) is 5.73 Å². The molecule has 0 saturated carbocycles. The molecule has 3 N–H and O–H groups in total. The van der Waals surface area contributed by atoms with Gasteiger partial charge in [0.2, 0.25) is 0 Å². The monoisotopic (exact) mass is 421 g/mol. The number of nitrogens with two attached hydrogens (primary N) is 1. The second-order valence-electron chi connectivity index (χ2n) is 7.02. The zero-order valence-electron chi connectivity index (χ0n) is 17.4. The highest BCUT2D eigenvalue weighted by molar-refractivity contribution is 7.12. The Morgan fingerprint density at radius 1 is 1.00 bits per heavy atom. The molecule has 0 radical (unpaired) electrons. The number of primary amides is 1. The van der Waals surface area contributed by atoms with E-state index in [0.717, 1.165) is 36.3 Å². The molecule has 1 heterocycles. The van der Waals surface area contributed by atoms with Crippen molar-refractivity contribution in [3.63, 3.8) is 0 Å². The van der Waals surface area contributed by atoms with Gasteiger partial charge in [-0.1, -0.05) is 50.2 Å². The Bertz CT molecular complexity index is 1020. The van der Waals surface area contributed by atoms with E-state index in [4.69, 9.17) is 5.73 Å². The largest absolute Gasteiger partial charge is 0.365 e. The molecule has 0 aliphatic carbocycles. The molecule has 2 aromatic carbocycles. The smallest absolute Gasteiger partial charge is 0.259 e. The van der Waals surface area contributed by atoms with E-state index >= 15 is 0 Å². The van der Waals surface area contributed by atoms with Crippen LogP contribution in [0, 0.1) is 0 Å². The standard InChI is InChI=1S/C24H27N3O2S/c1-3-27(4-2)16-20-9-6-5-8-19(20)15-26-24(29)18-11-7-10-17(14-18)21-12-13-30-22(21)23(25)28/h5-14H,3-4,15-16H2,1-2H3,(H2,25,28)(H,26,29). The third-order valence-corrected chi connectivity index (χ3v) is 6.10. The number of hydrogen-bond acceptors (Lipinski definition) is 4. The Labute approximate surface area is 181 Å². The van der Waals surface area contributed by atoms with Crippen molar-refractivity contribution in [2.45, 2.75) is 26.9 Å². The molecule has 0 unspecified atom stereocenters. The minimum Gasteiger partial charge on any atom is -0.365 e. The fourth-order valence-corrected chi connectivity index (χ4v) is 4.17. The van der Waals surface area contributed by atoms with Crippen LogP contribution >= 0.6 is 11.3 Å².